The average Bonchev–Trinajstić information content (AvgIpc) is 2.82. The smallest absolute Gasteiger partial charge is 0.275 e. The first-order valence-corrected chi connectivity index (χ1v) is 11.9. The van der Waals surface area contributed by atoms with Crippen LogP contribution in [0.2, 0.25) is 0 Å². The zero-order chi connectivity index (χ0) is 23.8. The molecule has 0 saturated carbocycles. The highest BCUT2D eigenvalue weighted by Crippen LogP contribution is 2.33. The lowest BCUT2D eigenvalue weighted by Crippen LogP contribution is -2.30. The summed E-state index contributed by atoms with van der Waals surface area (Å²) in [5.41, 5.74) is 0.272. The van der Waals surface area contributed by atoms with Crippen molar-refractivity contribution in [2.24, 2.45) is 0 Å². The van der Waals surface area contributed by atoms with Gasteiger partial charge in [-0.25, -0.2) is 13.4 Å². The van der Waals surface area contributed by atoms with Gasteiger partial charge in [-0.2, -0.15) is 4.31 Å². The van der Waals surface area contributed by atoms with Crippen LogP contribution in [0.15, 0.2) is 66.0 Å². The van der Waals surface area contributed by atoms with Gasteiger partial charge in [-0.3, -0.25) is 9.78 Å². The number of carbonyl (C=O) groups is 1. The summed E-state index contributed by atoms with van der Waals surface area (Å²) in [6, 6.07) is 11.3. The summed E-state index contributed by atoms with van der Waals surface area (Å²) in [4.78, 5) is 20.6. The maximum Gasteiger partial charge on any atom is 0.275 e. The van der Waals surface area contributed by atoms with Crippen molar-refractivity contribution in [2.75, 3.05) is 25.0 Å². The van der Waals surface area contributed by atoms with Crippen LogP contribution in [0.25, 0.3) is 0 Å². The molecule has 0 unspecified atom stereocenters. The Kier molecular flexibility index (Phi) is 7.96. The molecule has 0 radical (unpaired) electrons. The van der Waals surface area contributed by atoms with Crippen LogP contribution in [-0.4, -0.2) is 48.3 Å². The quantitative estimate of drug-likeness (QED) is 0.478. The van der Waals surface area contributed by atoms with Crippen LogP contribution in [-0.2, 0) is 10.0 Å². The van der Waals surface area contributed by atoms with E-state index in [1.807, 2.05) is 6.92 Å². The summed E-state index contributed by atoms with van der Waals surface area (Å²) in [5, 5.41) is 2.69. The Bertz CT molecular complexity index is 1180. The average molecular weight is 471 g/mol. The Balaban J connectivity index is 1.98. The fourth-order valence-corrected chi connectivity index (χ4v) is 4.55. The second-order valence-electron chi connectivity index (χ2n) is 6.80. The predicted molar refractivity (Wildman–Crippen MR) is 124 cm³/mol. The van der Waals surface area contributed by atoms with Crippen LogP contribution in [0.3, 0.4) is 0 Å². The molecule has 0 spiro atoms. The molecule has 10 heteroatoms. The Labute approximate surface area is 193 Å². The number of nitrogens with one attached hydrogen (secondary N) is 1. The van der Waals surface area contributed by atoms with Gasteiger partial charge in [0.15, 0.2) is 5.75 Å². The molecule has 1 heterocycles. The highest BCUT2D eigenvalue weighted by molar-refractivity contribution is 7.89. The summed E-state index contributed by atoms with van der Waals surface area (Å²) >= 11 is 0. The first-order valence-electron chi connectivity index (χ1n) is 10.5. The lowest BCUT2D eigenvalue weighted by atomic mass is 10.2. The molecule has 0 atom stereocenters. The van der Waals surface area contributed by atoms with Gasteiger partial charge in [0.25, 0.3) is 5.91 Å². The molecule has 3 rings (SSSR count). The van der Waals surface area contributed by atoms with Gasteiger partial charge in [0.1, 0.15) is 17.2 Å². The van der Waals surface area contributed by atoms with E-state index in [4.69, 9.17) is 9.47 Å². The summed E-state index contributed by atoms with van der Waals surface area (Å²) in [6.45, 7) is 6.61. The van der Waals surface area contributed by atoms with Gasteiger partial charge in [-0.15, -0.1) is 0 Å². The van der Waals surface area contributed by atoms with E-state index >= 15 is 0 Å². The Morgan fingerprint density at radius 1 is 1.00 bits per heavy atom. The topological polar surface area (TPSA) is 111 Å². The summed E-state index contributed by atoms with van der Waals surface area (Å²) < 4.78 is 38.7. The number of nitrogens with zero attached hydrogens (tertiary/aromatic N) is 3. The molecule has 0 saturated heterocycles. The summed E-state index contributed by atoms with van der Waals surface area (Å²) in [6.07, 6.45) is 4.17. The molecule has 0 bridgehead atoms. The first-order chi connectivity index (χ1) is 15.9. The van der Waals surface area contributed by atoms with Crippen LogP contribution in [0, 0.1) is 0 Å². The molecule has 33 heavy (non-hydrogen) atoms. The van der Waals surface area contributed by atoms with Gasteiger partial charge in [-0.1, -0.05) is 13.8 Å². The van der Waals surface area contributed by atoms with E-state index in [0.717, 1.165) is 0 Å². The van der Waals surface area contributed by atoms with E-state index < -0.39 is 15.9 Å². The van der Waals surface area contributed by atoms with E-state index in [-0.39, 0.29) is 22.0 Å². The number of rotatable bonds is 10. The molecule has 1 N–H and O–H groups in total. The van der Waals surface area contributed by atoms with E-state index in [0.29, 0.717) is 31.2 Å². The molecule has 0 aliphatic rings. The number of sulfonamides is 1. The number of benzene rings is 2. The van der Waals surface area contributed by atoms with Crippen LogP contribution < -0.4 is 14.8 Å². The van der Waals surface area contributed by atoms with Crippen molar-refractivity contribution < 1.29 is 22.7 Å². The van der Waals surface area contributed by atoms with E-state index in [1.54, 1.807) is 38.1 Å². The summed E-state index contributed by atoms with van der Waals surface area (Å²) in [5.74, 6) is 0.918. The molecule has 1 amide bonds. The molecule has 3 aromatic rings. The number of anilines is 1. The van der Waals surface area contributed by atoms with Crippen molar-refractivity contribution in [2.45, 2.75) is 25.7 Å². The van der Waals surface area contributed by atoms with Crippen molar-refractivity contribution in [3.63, 3.8) is 0 Å². The van der Waals surface area contributed by atoms with Crippen molar-refractivity contribution in [3.05, 3.63) is 66.7 Å². The lowest BCUT2D eigenvalue weighted by Gasteiger charge is -2.20. The van der Waals surface area contributed by atoms with Crippen molar-refractivity contribution >= 4 is 21.6 Å². The molecular formula is C23H26N4O5S. The number of aromatic nitrogens is 2. The SMILES string of the molecule is CCOc1ccc(Oc2ccc(S(=O)(=O)N(CC)CC)cc2NC(=O)c2cnccn2)cc1. The number of amides is 1. The molecule has 1 aromatic heterocycles. The fraction of sp³-hybridized carbons (Fsp3) is 0.261. The van der Waals surface area contributed by atoms with Crippen LogP contribution in [0.1, 0.15) is 31.3 Å². The zero-order valence-electron chi connectivity index (χ0n) is 18.7. The Morgan fingerprint density at radius 2 is 1.70 bits per heavy atom. The minimum atomic E-state index is -3.74. The fourth-order valence-electron chi connectivity index (χ4n) is 3.07. The van der Waals surface area contributed by atoms with Crippen LogP contribution in [0.5, 0.6) is 17.2 Å². The minimum Gasteiger partial charge on any atom is -0.494 e. The maximum atomic E-state index is 13.0. The third-order valence-corrected chi connectivity index (χ3v) is 6.75. The van der Waals surface area contributed by atoms with E-state index in [1.165, 1.54) is 41.1 Å². The van der Waals surface area contributed by atoms with Crippen LogP contribution in [0.4, 0.5) is 5.69 Å². The van der Waals surface area contributed by atoms with Gasteiger partial charge >= 0.3 is 0 Å². The van der Waals surface area contributed by atoms with Crippen LogP contribution >= 0.6 is 0 Å². The third kappa shape index (κ3) is 5.85. The molecule has 0 fully saturated rings. The monoisotopic (exact) mass is 470 g/mol. The highest BCUT2D eigenvalue weighted by Gasteiger charge is 2.24. The standard InChI is InChI=1S/C23H26N4O5S/c1-4-27(5-2)33(29,30)19-11-12-22(32-18-9-7-17(8-10-18)31-6-3)20(15-19)26-23(28)21-16-24-13-14-25-21/h7-16H,4-6H2,1-3H3,(H,26,28). The number of ether oxygens (including phenoxy) is 2. The van der Waals surface area contributed by atoms with Gasteiger partial charge < -0.3 is 14.8 Å². The largest absolute Gasteiger partial charge is 0.494 e. The molecule has 0 aliphatic heterocycles. The zero-order valence-corrected chi connectivity index (χ0v) is 19.5. The predicted octanol–water partition coefficient (Wildman–Crippen LogP) is 3.95. The maximum absolute atomic E-state index is 13.0. The Hall–Kier alpha value is -3.50. The molecule has 0 aliphatic carbocycles. The van der Waals surface area contributed by atoms with Gasteiger partial charge in [-0.05, 0) is 49.4 Å². The normalized spacial score (nSPS) is 11.3. The summed E-state index contributed by atoms with van der Waals surface area (Å²) in [7, 11) is -3.74. The number of carbonyl (C=O) groups excluding carboxylic acids is 1. The molecule has 174 valence electrons. The molecule has 2 aromatic carbocycles. The molecular weight excluding hydrogens is 444 g/mol. The van der Waals surface area contributed by atoms with Gasteiger partial charge in [0.05, 0.1) is 23.4 Å². The Morgan fingerprint density at radius 3 is 2.30 bits per heavy atom. The second-order valence-corrected chi connectivity index (χ2v) is 8.74. The van der Waals surface area contributed by atoms with Gasteiger partial charge in [0, 0.05) is 25.5 Å². The number of hydrogen-bond acceptors (Lipinski definition) is 7. The highest BCUT2D eigenvalue weighted by atomic mass is 32.2. The van der Waals surface area contributed by atoms with Crippen molar-refractivity contribution in [1.29, 1.82) is 0 Å². The van der Waals surface area contributed by atoms with Gasteiger partial charge in [0.2, 0.25) is 10.0 Å². The van der Waals surface area contributed by atoms with E-state index in [9.17, 15) is 13.2 Å². The first kappa shape index (κ1) is 24.1. The minimum absolute atomic E-state index is 0.0414. The molecule has 9 nitrogen and oxygen atoms in total. The van der Waals surface area contributed by atoms with Crippen molar-refractivity contribution in [3.8, 4) is 17.2 Å². The third-order valence-electron chi connectivity index (χ3n) is 4.70. The van der Waals surface area contributed by atoms with Crippen molar-refractivity contribution in [1.82, 2.24) is 14.3 Å². The second kappa shape index (κ2) is 10.9. The lowest BCUT2D eigenvalue weighted by molar-refractivity contribution is 0.102. The van der Waals surface area contributed by atoms with E-state index in [2.05, 4.69) is 15.3 Å². The number of hydrogen-bond donors (Lipinski definition) is 1.